The molecule has 0 bridgehead atoms. The van der Waals surface area contributed by atoms with Crippen molar-refractivity contribution in [2.45, 2.75) is 0 Å². The summed E-state index contributed by atoms with van der Waals surface area (Å²) in [6.45, 7) is 0. The molecule has 0 spiro atoms. The predicted molar refractivity (Wildman–Crippen MR) is 302 cm³/mol. The van der Waals surface area contributed by atoms with Gasteiger partial charge in [-0.2, -0.15) is 0 Å². The van der Waals surface area contributed by atoms with Crippen LogP contribution in [0, 0.1) is 0 Å². The molecule has 340 valence electrons. The highest BCUT2D eigenvalue weighted by atomic mass is 15.1. The number of hydrogen-bond donors (Lipinski definition) is 0. The third kappa shape index (κ3) is 9.04. The smallest absolute Gasteiger partial charge is 0.0973 e. The van der Waals surface area contributed by atoms with Crippen molar-refractivity contribution in [2.24, 2.45) is 0 Å². The van der Waals surface area contributed by atoms with E-state index in [-0.39, 0.29) is 0 Å². The highest BCUT2D eigenvalue weighted by molar-refractivity contribution is 5.89. The second kappa shape index (κ2) is 19.8. The molecule has 0 amide bonds. The molecule has 0 aliphatic rings. The molecule has 1 aromatic heterocycles. The van der Waals surface area contributed by atoms with Crippen molar-refractivity contribution in [3.05, 3.63) is 291 Å². The average molecular weight is 921 g/mol. The van der Waals surface area contributed by atoms with Crippen molar-refractivity contribution >= 4 is 45.2 Å². The van der Waals surface area contributed by atoms with E-state index in [9.17, 15) is 0 Å². The molecule has 4 nitrogen and oxygen atoms in total. The highest BCUT2D eigenvalue weighted by Gasteiger charge is 2.19. The summed E-state index contributed by atoms with van der Waals surface area (Å²) >= 11 is 0. The van der Waals surface area contributed by atoms with Gasteiger partial charge in [-0.25, -0.2) is 9.97 Å². The summed E-state index contributed by atoms with van der Waals surface area (Å²) in [5.74, 6) is 0. The van der Waals surface area contributed by atoms with E-state index in [1.807, 2.05) is 24.3 Å². The largest absolute Gasteiger partial charge is 0.311 e. The van der Waals surface area contributed by atoms with Gasteiger partial charge in [0.1, 0.15) is 0 Å². The Labute approximate surface area is 421 Å². The van der Waals surface area contributed by atoms with Gasteiger partial charge in [0, 0.05) is 45.3 Å². The van der Waals surface area contributed by atoms with Crippen LogP contribution in [0.25, 0.3) is 78.1 Å². The maximum absolute atomic E-state index is 5.29. The maximum Gasteiger partial charge on any atom is 0.0973 e. The molecule has 0 unspecified atom stereocenters. The number of anilines is 6. The first-order valence-electron chi connectivity index (χ1n) is 24.4. The van der Waals surface area contributed by atoms with Crippen molar-refractivity contribution in [2.75, 3.05) is 9.80 Å². The Hall–Kier alpha value is -9.64. The van der Waals surface area contributed by atoms with Gasteiger partial charge in [0.25, 0.3) is 0 Å². The van der Waals surface area contributed by atoms with E-state index >= 15 is 0 Å². The molecule has 1 heterocycles. The number of benzene rings is 11. The van der Waals surface area contributed by atoms with Crippen LogP contribution in [0.2, 0.25) is 0 Å². The van der Waals surface area contributed by atoms with Crippen LogP contribution in [0.5, 0.6) is 0 Å². The Morgan fingerprint density at radius 1 is 0.167 bits per heavy atom. The lowest BCUT2D eigenvalue weighted by Crippen LogP contribution is -2.10. The second-order valence-electron chi connectivity index (χ2n) is 17.8. The summed E-state index contributed by atoms with van der Waals surface area (Å²) in [7, 11) is 0. The third-order valence-corrected chi connectivity index (χ3v) is 13.3. The van der Waals surface area contributed by atoms with E-state index in [0.29, 0.717) is 0 Å². The van der Waals surface area contributed by atoms with Crippen LogP contribution in [0.15, 0.2) is 291 Å². The van der Waals surface area contributed by atoms with Gasteiger partial charge < -0.3 is 9.80 Å². The molecule has 0 fully saturated rings. The van der Waals surface area contributed by atoms with Crippen LogP contribution in [-0.2, 0) is 0 Å². The van der Waals surface area contributed by atoms with E-state index < -0.39 is 0 Å². The standard InChI is InChI=1S/C68H48N4/c1-5-15-49(16-6-1)51-25-29-53(30-26-51)55-33-41-61(42-34-55)71(59-19-9-3-10-20-59)63-45-37-57(38-46-63)67-68(70-66-24-14-13-23-65(66)69-67)58-39-47-64(48-40-58)72(60-21-11-4-12-22-60)62-43-35-56(36-44-62)54-31-27-52(28-32-54)50-17-7-2-8-18-50/h1-48H. The summed E-state index contributed by atoms with van der Waals surface area (Å²) in [4.78, 5) is 15.2. The molecule has 12 aromatic rings. The zero-order valence-corrected chi connectivity index (χ0v) is 39.5. The highest BCUT2D eigenvalue weighted by Crippen LogP contribution is 2.41. The number of aromatic nitrogens is 2. The Kier molecular flexibility index (Phi) is 12.0. The van der Waals surface area contributed by atoms with Crippen molar-refractivity contribution < 1.29 is 0 Å². The minimum Gasteiger partial charge on any atom is -0.311 e. The predicted octanol–water partition coefficient (Wildman–Crippen LogP) is 18.6. The number of rotatable bonds is 12. The topological polar surface area (TPSA) is 32.3 Å². The molecule has 0 aliphatic heterocycles. The minimum atomic E-state index is 0.828. The van der Waals surface area contributed by atoms with Crippen molar-refractivity contribution in [3.63, 3.8) is 0 Å². The summed E-state index contributed by atoms with van der Waals surface area (Å²) in [6, 6.07) is 103. The first-order chi connectivity index (χ1) is 35.7. The van der Waals surface area contributed by atoms with Crippen LogP contribution in [0.1, 0.15) is 0 Å². The van der Waals surface area contributed by atoms with Crippen LogP contribution >= 0.6 is 0 Å². The molecule has 0 N–H and O–H groups in total. The summed E-state index contributed by atoms with van der Waals surface area (Å²) < 4.78 is 0. The quantitative estimate of drug-likeness (QED) is 0.122. The van der Waals surface area contributed by atoms with E-state index in [1.54, 1.807) is 0 Å². The molecule has 11 aromatic carbocycles. The second-order valence-corrected chi connectivity index (χ2v) is 17.8. The minimum absolute atomic E-state index is 0.828. The average Bonchev–Trinajstić information content (AvgIpc) is 3.47. The van der Waals surface area contributed by atoms with E-state index in [4.69, 9.17) is 9.97 Å². The van der Waals surface area contributed by atoms with E-state index in [1.165, 1.54) is 44.5 Å². The molecule has 0 radical (unpaired) electrons. The fourth-order valence-electron chi connectivity index (χ4n) is 9.57. The summed E-state index contributed by atoms with van der Waals surface area (Å²) in [5, 5.41) is 0. The van der Waals surface area contributed by atoms with Crippen molar-refractivity contribution in [1.82, 2.24) is 9.97 Å². The fourth-order valence-corrected chi connectivity index (χ4v) is 9.57. The van der Waals surface area contributed by atoms with Gasteiger partial charge in [-0.05, 0) is 129 Å². The molecular weight excluding hydrogens is 873 g/mol. The first kappa shape index (κ1) is 43.6. The number of fused-ring (bicyclic) bond motifs is 1. The van der Waals surface area contributed by atoms with Gasteiger partial charge in [-0.15, -0.1) is 0 Å². The van der Waals surface area contributed by atoms with Crippen LogP contribution in [0.4, 0.5) is 34.1 Å². The van der Waals surface area contributed by atoms with Crippen LogP contribution in [-0.4, -0.2) is 9.97 Å². The van der Waals surface area contributed by atoms with Crippen molar-refractivity contribution in [3.8, 4) is 67.0 Å². The zero-order valence-electron chi connectivity index (χ0n) is 39.5. The van der Waals surface area contributed by atoms with Gasteiger partial charge >= 0.3 is 0 Å². The molecule has 12 rings (SSSR count). The van der Waals surface area contributed by atoms with Crippen molar-refractivity contribution in [1.29, 1.82) is 0 Å². The molecule has 0 saturated heterocycles. The fraction of sp³-hybridized carbons (Fsp3) is 0. The SMILES string of the molecule is c1ccc(-c2ccc(-c3ccc(N(c4ccccc4)c4ccc(-c5nc6ccccc6nc5-c5ccc(N(c6ccccc6)c6ccc(-c7ccc(-c8ccccc8)cc7)cc6)cc5)cc4)cc3)cc2)cc1. The molecule has 4 heteroatoms. The lowest BCUT2D eigenvalue weighted by Gasteiger charge is -2.26. The molecule has 0 saturated carbocycles. The number of para-hydroxylation sites is 4. The van der Waals surface area contributed by atoms with Gasteiger partial charge in [0.05, 0.1) is 22.4 Å². The maximum atomic E-state index is 5.29. The van der Waals surface area contributed by atoms with Crippen LogP contribution < -0.4 is 9.80 Å². The van der Waals surface area contributed by atoms with Crippen LogP contribution in [0.3, 0.4) is 0 Å². The molecular formula is C68H48N4. The number of nitrogens with zero attached hydrogens (tertiary/aromatic N) is 4. The zero-order chi connectivity index (χ0) is 48.1. The molecule has 0 atom stereocenters. The number of hydrogen-bond acceptors (Lipinski definition) is 4. The Morgan fingerprint density at radius 2 is 0.361 bits per heavy atom. The van der Waals surface area contributed by atoms with E-state index in [0.717, 1.165) is 67.7 Å². The Morgan fingerprint density at radius 3 is 0.639 bits per heavy atom. The molecule has 0 aliphatic carbocycles. The third-order valence-electron chi connectivity index (χ3n) is 13.3. The molecule has 72 heavy (non-hydrogen) atoms. The Balaban J connectivity index is 0.847. The summed E-state index contributed by atoms with van der Waals surface area (Å²) in [5.41, 5.74) is 21.2. The van der Waals surface area contributed by atoms with Gasteiger partial charge in [0.2, 0.25) is 0 Å². The lowest BCUT2D eigenvalue weighted by atomic mass is 10.00. The monoisotopic (exact) mass is 920 g/mol. The Bertz CT molecular complexity index is 3460. The van der Waals surface area contributed by atoms with Gasteiger partial charge in [-0.1, -0.05) is 206 Å². The van der Waals surface area contributed by atoms with Gasteiger partial charge in [-0.3, -0.25) is 0 Å². The van der Waals surface area contributed by atoms with E-state index in [2.05, 4.69) is 277 Å². The lowest BCUT2D eigenvalue weighted by molar-refractivity contribution is 1.26. The summed E-state index contributed by atoms with van der Waals surface area (Å²) in [6.07, 6.45) is 0. The normalized spacial score (nSPS) is 11.1. The first-order valence-corrected chi connectivity index (χ1v) is 24.4. The van der Waals surface area contributed by atoms with Gasteiger partial charge in [0.15, 0.2) is 0 Å².